The molecular weight excluding hydrogens is 145 g/mol. The fraction of sp³-hybridized carbons (Fsp3) is 0. The predicted octanol–water partition coefficient (Wildman–Crippen LogP) is -4.31. The first-order chi connectivity index (χ1) is 2.00. The van der Waals surface area contributed by atoms with E-state index in [1.54, 1.807) is 0 Å². The molecule has 0 atom stereocenters. The third-order valence-electron chi connectivity index (χ3n) is 0. The van der Waals surface area contributed by atoms with Gasteiger partial charge in [-0.1, -0.05) is 0 Å². The molecule has 0 aromatic heterocycles. The summed E-state index contributed by atoms with van der Waals surface area (Å²) in [5.41, 5.74) is 0. The molecule has 0 radical (unpaired) electrons. The standard InChI is InChI=1S/Al.Na.H3O4P/c;;1-5(2,3)4/h;;(H3,1,2,3,4)/q+3;+1;. The van der Waals surface area contributed by atoms with Gasteiger partial charge in [0.25, 0.3) is 0 Å². The molecule has 4 nitrogen and oxygen atoms in total. The van der Waals surface area contributed by atoms with Crippen LogP contribution in [0.25, 0.3) is 0 Å². The van der Waals surface area contributed by atoms with Crippen molar-refractivity contribution in [3.05, 3.63) is 0 Å². The van der Waals surface area contributed by atoms with Crippen molar-refractivity contribution in [1.82, 2.24) is 0 Å². The Kier molecular flexibility index (Phi) is 13.1. The molecule has 3 N–H and O–H groups in total. The van der Waals surface area contributed by atoms with Crippen LogP contribution in [0.4, 0.5) is 0 Å². The summed E-state index contributed by atoms with van der Waals surface area (Å²) in [6, 6.07) is 0. The summed E-state index contributed by atoms with van der Waals surface area (Å²) in [7, 11) is -4.64. The molecule has 0 rings (SSSR count). The number of phosphoric acid groups is 1. The molecule has 0 heterocycles. The maximum atomic E-state index is 8.88. The van der Waals surface area contributed by atoms with Crippen molar-refractivity contribution < 1.29 is 48.8 Å². The van der Waals surface area contributed by atoms with Crippen LogP contribution in [-0.4, -0.2) is 32.0 Å². The average molecular weight is 148 g/mol. The first kappa shape index (κ1) is 15.9. The van der Waals surface area contributed by atoms with Crippen LogP contribution in [0.15, 0.2) is 0 Å². The van der Waals surface area contributed by atoms with E-state index in [1.807, 2.05) is 0 Å². The van der Waals surface area contributed by atoms with Crippen molar-refractivity contribution in [3.63, 3.8) is 0 Å². The maximum Gasteiger partial charge on any atom is 3.00 e. The number of hydrogen-bond acceptors (Lipinski definition) is 1. The molecule has 7 heteroatoms. The largest absolute Gasteiger partial charge is 3.00 e. The van der Waals surface area contributed by atoms with E-state index in [0.29, 0.717) is 0 Å². The Balaban J connectivity index is -0.0000000800. The molecule has 0 unspecified atom stereocenters. The van der Waals surface area contributed by atoms with Gasteiger partial charge in [-0.2, -0.15) is 0 Å². The van der Waals surface area contributed by atoms with Crippen LogP contribution in [0, 0.1) is 0 Å². The first-order valence-electron chi connectivity index (χ1n) is 0.783. The van der Waals surface area contributed by atoms with Crippen molar-refractivity contribution in [2.24, 2.45) is 0 Å². The molecule has 0 saturated carbocycles. The van der Waals surface area contributed by atoms with Gasteiger partial charge in [0, 0.05) is 0 Å². The van der Waals surface area contributed by atoms with Gasteiger partial charge in [0.15, 0.2) is 0 Å². The van der Waals surface area contributed by atoms with Crippen molar-refractivity contribution >= 4 is 25.2 Å². The van der Waals surface area contributed by atoms with Crippen LogP contribution >= 0.6 is 7.82 Å². The van der Waals surface area contributed by atoms with Gasteiger partial charge in [0.2, 0.25) is 0 Å². The van der Waals surface area contributed by atoms with Gasteiger partial charge >= 0.3 is 54.7 Å². The van der Waals surface area contributed by atoms with Gasteiger partial charge in [-0.25, -0.2) is 4.57 Å². The van der Waals surface area contributed by atoms with Crippen molar-refractivity contribution in [2.75, 3.05) is 0 Å². The molecule has 0 aliphatic heterocycles. The van der Waals surface area contributed by atoms with Crippen LogP contribution in [0.2, 0.25) is 0 Å². The number of rotatable bonds is 0. The van der Waals surface area contributed by atoms with Crippen LogP contribution in [0.5, 0.6) is 0 Å². The summed E-state index contributed by atoms with van der Waals surface area (Å²) in [4.78, 5) is 21.6. The van der Waals surface area contributed by atoms with Crippen molar-refractivity contribution in [3.8, 4) is 0 Å². The first-order valence-corrected chi connectivity index (χ1v) is 2.35. The molecule has 0 aliphatic carbocycles. The minimum absolute atomic E-state index is 0. The van der Waals surface area contributed by atoms with E-state index in [9.17, 15) is 0 Å². The number of hydrogen-bond donors (Lipinski definition) is 3. The molecule has 0 bridgehead atoms. The van der Waals surface area contributed by atoms with E-state index in [-0.39, 0.29) is 46.9 Å². The summed E-state index contributed by atoms with van der Waals surface area (Å²) in [5.74, 6) is 0. The summed E-state index contributed by atoms with van der Waals surface area (Å²) in [6.07, 6.45) is 0. The van der Waals surface area contributed by atoms with Crippen LogP contribution in [0.3, 0.4) is 0 Å². The molecule has 0 fully saturated rings. The minimum atomic E-state index is -4.64. The van der Waals surface area contributed by atoms with E-state index in [2.05, 4.69) is 0 Å². The second kappa shape index (κ2) is 5.77. The van der Waals surface area contributed by atoms with E-state index in [1.165, 1.54) is 0 Å². The maximum absolute atomic E-state index is 8.88. The van der Waals surface area contributed by atoms with Gasteiger partial charge in [0.05, 0.1) is 0 Å². The van der Waals surface area contributed by atoms with Crippen LogP contribution < -0.4 is 29.6 Å². The van der Waals surface area contributed by atoms with Gasteiger partial charge in [-0.15, -0.1) is 0 Å². The molecule has 0 amide bonds. The molecule has 7 heavy (non-hydrogen) atoms. The molecule has 0 aliphatic rings. The molecule has 32 valence electrons. The normalized spacial score (nSPS) is 8.43. The summed E-state index contributed by atoms with van der Waals surface area (Å²) >= 11 is 0. The summed E-state index contributed by atoms with van der Waals surface area (Å²) in [6.45, 7) is 0. The van der Waals surface area contributed by atoms with Crippen molar-refractivity contribution in [2.45, 2.75) is 0 Å². The Hall–Kier alpha value is 1.64. The molecule has 0 aromatic rings. The zero-order chi connectivity index (χ0) is 4.50. The Morgan fingerprint density at radius 3 is 1.14 bits per heavy atom. The zero-order valence-corrected chi connectivity index (χ0v) is 7.82. The minimum Gasteiger partial charge on any atom is -0.303 e. The van der Waals surface area contributed by atoms with E-state index in [4.69, 9.17) is 19.2 Å². The molecular formula is H3AlNaO4P+4. The summed E-state index contributed by atoms with van der Waals surface area (Å²) < 4.78 is 8.88. The average Bonchev–Trinajstić information content (AvgIpc) is 0.722. The van der Waals surface area contributed by atoms with E-state index >= 15 is 0 Å². The third kappa shape index (κ3) is 90.2. The van der Waals surface area contributed by atoms with Gasteiger partial charge in [-0.3, -0.25) is 0 Å². The summed E-state index contributed by atoms with van der Waals surface area (Å²) in [5, 5.41) is 0. The van der Waals surface area contributed by atoms with E-state index < -0.39 is 7.82 Å². The quantitative estimate of drug-likeness (QED) is 0.240. The second-order valence-electron chi connectivity index (χ2n) is 0.513. The Morgan fingerprint density at radius 1 is 1.14 bits per heavy atom. The Labute approximate surface area is 73.6 Å². The second-order valence-corrected chi connectivity index (χ2v) is 1.54. The third-order valence-corrected chi connectivity index (χ3v) is 0. The SMILES string of the molecule is O=P(O)(O)O.[Al+3].[Na+]. The zero-order valence-electron chi connectivity index (χ0n) is 3.77. The predicted molar refractivity (Wildman–Crippen MR) is 20.0 cm³/mol. The van der Waals surface area contributed by atoms with Gasteiger partial charge in [-0.05, 0) is 0 Å². The fourth-order valence-corrected chi connectivity index (χ4v) is 0. The topological polar surface area (TPSA) is 77.8 Å². The van der Waals surface area contributed by atoms with Crippen molar-refractivity contribution in [1.29, 1.82) is 0 Å². The Morgan fingerprint density at radius 2 is 1.14 bits per heavy atom. The van der Waals surface area contributed by atoms with Crippen LogP contribution in [-0.2, 0) is 4.57 Å². The van der Waals surface area contributed by atoms with Crippen LogP contribution in [0.1, 0.15) is 0 Å². The Bertz CT molecular complexity index is 57.8. The molecule has 0 saturated heterocycles. The molecule has 0 aromatic carbocycles. The van der Waals surface area contributed by atoms with E-state index in [0.717, 1.165) is 0 Å². The fourth-order valence-electron chi connectivity index (χ4n) is 0. The molecule has 0 spiro atoms. The monoisotopic (exact) mass is 148 g/mol. The van der Waals surface area contributed by atoms with Gasteiger partial charge in [0.1, 0.15) is 0 Å². The smallest absolute Gasteiger partial charge is 0.303 e. The van der Waals surface area contributed by atoms with Gasteiger partial charge < -0.3 is 14.7 Å².